The topological polar surface area (TPSA) is 101 Å². The SMILES string of the molecule is Cc1noc(C)c1C(=O)N(Cc1cccc(CN)c1)Cc1ccccc1NC(=O)c1ccc(F)cc1. The van der Waals surface area contributed by atoms with Crippen LogP contribution in [0, 0.1) is 19.7 Å². The number of aromatic nitrogens is 1. The van der Waals surface area contributed by atoms with Crippen molar-refractivity contribution < 1.29 is 18.5 Å². The van der Waals surface area contributed by atoms with Crippen LogP contribution >= 0.6 is 0 Å². The van der Waals surface area contributed by atoms with Crippen molar-refractivity contribution in [1.82, 2.24) is 10.1 Å². The lowest BCUT2D eigenvalue weighted by atomic mass is 10.1. The van der Waals surface area contributed by atoms with Crippen molar-refractivity contribution in [3.05, 3.63) is 118 Å². The molecule has 4 rings (SSSR count). The van der Waals surface area contributed by atoms with Crippen LogP contribution in [0.2, 0.25) is 0 Å². The molecule has 0 atom stereocenters. The highest BCUT2D eigenvalue weighted by molar-refractivity contribution is 6.04. The van der Waals surface area contributed by atoms with E-state index < -0.39 is 5.82 Å². The zero-order valence-electron chi connectivity index (χ0n) is 20.1. The standard InChI is InChI=1S/C28H27FN4O3/c1-18-26(19(2)36-32-18)28(35)33(16-21-7-5-6-20(14-21)15-30)17-23-8-3-4-9-25(23)31-27(34)22-10-12-24(29)13-11-22/h3-14H,15-17,30H2,1-2H3,(H,31,34). The third-order valence-electron chi connectivity index (χ3n) is 5.87. The van der Waals surface area contributed by atoms with E-state index in [4.69, 9.17) is 10.3 Å². The summed E-state index contributed by atoms with van der Waals surface area (Å²) in [6.45, 7) is 4.36. The Morgan fingerprint density at radius 1 is 0.972 bits per heavy atom. The summed E-state index contributed by atoms with van der Waals surface area (Å²) >= 11 is 0. The van der Waals surface area contributed by atoms with E-state index in [0.29, 0.717) is 41.4 Å². The van der Waals surface area contributed by atoms with Crippen LogP contribution in [0.4, 0.5) is 10.1 Å². The zero-order chi connectivity index (χ0) is 25.7. The molecule has 0 saturated carbocycles. The van der Waals surface area contributed by atoms with Crippen molar-refractivity contribution >= 4 is 17.5 Å². The fraction of sp³-hybridized carbons (Fsp3) is 0.179. The van der Waals surface area contributed by atoms with E-state index in [0.717, 1.165) is 16.7 Å². The van der Waals surface area contributed by atoms with Crippen molar-refractivity contribution in [2.75, 3.05) is 5.32 Å². The Kier molecular flexibility index (Phi) is 7.56. The van der Waals surface area contributed by atoms with Crippen LogP contribution in [0.5, 0.6) is 0 Å². The molecule has 8 heteroatoms. The minimum atomic E-state index is -0.417. The predicted molar refractivity (Wildman–Crippen MR) is 135 cm³/mol. The number of benzene rings is 3. The summed E-state index contributed by atoms with van der Waals surface area (Å²) in [6, 6.07) is 20.3. The van der Waals surface area contributed by atoms with Crippen molar-refractivity contribution in [2.24, 2.45) is 5.73 Å². The Bertz CT molecular complexity index is 1360. The number of hydrogen-bond donors (Lipinski definition) is 2. The van der Waals surface area contributed by atoms with Gasteiger partial charge in [0.15, 0.2) is 0 Å². The van der Waals surface area contributed by atoms with Gasteiger partial charge in [-0.15, -0.1) is 0 Å². The highest BCUT2D eigenvalue weighted by Gasteiger charge is 2.25. The lowest BCUT2D eigenvalue weighted by Gasteiger charge is -2.24. The summed E-state index contributed by atoms with van der Waals surface area (Å²) in [6.07, 6.45) is 0. The van der Waals surface area contributed by atoms with E-state index in [1.165, 1.54) is 24.3 Å². The van der Waals surface area contributed by atoms with Gasteiger partial charge in [-0.25, -0.2) is 4.39 Å². The van der Waals surface area contributed by atoms with Crippen molar-refractivity contribution in [3.8, 4) is 0 Å². The van der Waals surface area contributed by atoms with Crippen LogP contribution in [-0.4, -0.2) is 21.9 Å². The quantitative estimate of drug-likeness (QED) is 0.366. The summed E-state index contributed by atoms with van der Waals surface area (Å²) in [7, 11) is 0. The molecule has 0 spiro atoms. The van der Waals surface area contributed by atoms with Gasteiger partial charge in [0.05, 0.1) is 5.69 Å². The Balaban J connectivity index is 1.65. The molecule has 0 aliphatic carbocycles. The number of halogens is 1. The van der Waals surface area contributed by atoms with E-state index in [2.05, 4.69) is 10.5 Å². The number of carbonyl (C=O) groups is 2. The third-order valence-corrected chi connectivity index (χ3v) is 5.87. The Morgan fingerprint density at radius 2 is 1.69 bits per heavy atom. The molecular formula is C28H27FN4O3. The minimum Gasteiger partial charge on any atom is -0.361 e. The summed E-state index contributed by atoms with van der Waals surface area (Å²) in [5.41, 5.74) is 10.2. The molecular weight excluding hydrogens is 459 g/mol. The molecule has 7 nitrogen and oxygen atoms in total. The van der Waals surface area contributed by atoms with Crippen molar-refractivity contribution in [2.45, 2.75) is 33.5 Å². The predicted octanol–water partition coefficient (Wildman–Crippen LogP) is 4.98. The number of aryl methyl sites for hydroxylation is 2. The molecule has 36 heavy (non-hydrogen) atoms. The first-order valence-corrected chi connectivity index (χ1v) is 11.5. The molecule has 3 N–H and O–H groups in total. The second-order valence-corrected chi connectivity index (χ2v) is 8.50. The van der Waals surface area contributed by atoms with Gasteiger partial charge >= 0.3 is 0 Å². The largest absolute Gasteiger partial charge is 0.361 e. The second kappa shape index (κ2) is 11.0. The number of hydrogen-bond acceptors (Lipinski definition) is 5. The Morgan fingerprint density at radius 3 is 2.39 bits per heavy atom. The molecule has 0 bridgehead atoms. The van der Waals surface area contributed by atoms with E-state index in [-0.39, 0.29) is 18.4 Å². The lowest BCUT2D eigenvalue weighted by Crippen LogP contribution is -2.31. The number of amides is 2. The number of para-hydroxylation sites is 1. The maximum Gasteiger partial charge on any atom is 0.259 e. The summed E-state index contributed by atoms with van der Waals surface area (Å²) in [4.78, 5) is 28.1. The number of carbonyl (C=O) groups excluding carboxylic acids is 2. The van der Waals surface area contributed by atoms with Gasteiger partial charge < -0.3 is 20.5 Å². The molecule has 1 aromatic heterocycles. The molecule has 1 heterocycles. The summed E-state index contributed by atoms with van der Waals surface area (Å²) in [5, 5.41) is 6.82. The van der Waals surface area contributed by atoms with Crippen LogP contribution in [0.25, 0.3) is 0 Å². The van der Waals surface area contributed by atoms with Gasteiger partial charge in [0.1, 0.15) is 17.1 Å². The van der Waals surface area contributed by atoms with Crippen LogP contribution in [0.1, 0.15) is 48.9 Å². The highest BCUT2D eigenvalue weighted by Crippen LogP contribution is 2.23. The maximum atomic E-state index is 13.7. The van der Waals surface area contributed by atoms with Crippen LogP contribution in [-0.2, 0) is 19.6 Å². The molecule has 0 aliphatic rings. The second-order valence-electron chi connectivity index (χ2n) is 8.50. The van der Waals surface area contributed by atoms with Crippen molar-refractivity contribution in [1.29, 1.82) is 0 Å². The molecule has 4 aromatic rings. The first-order chi connectivity index (χ1) is 17.4. The monoisotopic (exact) mass is 486 g/mol. The molecule has 0 saturated heterocycles. The lowest BCUT2D eigenvalue weighted by molar-refractivity contribution is 0.0728. The fourth-order valence-corrected chi connectivity index (χ4v) is 4.00. The number of rotatable bonds is 8. The fourth-order valence-electron chi connectivity index (χ4n) is 4.00. The van der Waals surface area contributed by atoms with Crippen LogP contribution in [0.15, 0.2) is 77.3 Å². The first kappa shape index (κ1) is 24.8. The summed E-state index contributed by atoms with van der Waals surface area (Å²) in [5.74, 6) is -0.582. The summed E-state index contributed by atoms with van der Waals surface area (Å²) < 4.78 is 18.5. The average molecular weight is 487 g/mol. The van der Waals surface area contributed by atoms with E-state index >= 15 is 0 Å². The average Bonchev–Trinajstić information content (AvgIpc) is 3.22. The van der Waals surface area contributed by atoms with Gasteiger partial charge in [-0.2, -0.15) is 0 Å². The van der Waals surface area contributed by atoms with Crippen molar-refractivity contribution in [3.63, 3.8) is 0 Å². The smallest absolute Gasteiger partial charge is 0.259 e. The number of nitrogens with two attached hydrogens (primary N) is 1. The third kappa shape index (κ3) is 5.67. The van der Waals surface area contributed by atoms with Gasteiger partial charge in [-0.1, -0.05) is 47.6 Å². The van der Waals surface area contributed by atoms with Crippen LogP contribution < -0.4 is 11.1 Å². The first-order valence-electron chi connectivity index (χ1n) is 11.5. The molecule has 0 aliphatic heterocycles. The minimum absolute atomic E-state index is 0.218. The Hall–Kier alpha value is -4.30. The van der Waals surface area contributed by atoms with Gasteiger partial charge in [0.2, 0.25) is 0 Å². The molecule has 0 unspecified atom stereocenters. The molecule has 0 fully saturated rings. The number of nitrogens with zero attached hydrogens (tertiary/aromatic N) is 2. The number of anilines is 1. The zero-order valence-corrected chi connectivity index (χ0v) is 20.1. The molecule has 0 radical (unpaired) electrons. The van der Waals surface area contributed by atoms with E-state index in [1.807, 2.05) is 36.4 Å². The van der Waals surface area contributed by atoms with E-state index in [1.54, 1.807) is 30.9 Å². The Labute approximate surface area is 208 Å². The van der Waals surface area contributed by atoms with Gasteiger partial charge in [0.25, 0.3) is 11.8 Å². The van der Waals surface area contributed by atoms with Gasteiger partial charge in [-0.05, 0) is 60.9 Å². The molecule has 184 valence electrons. The maximum absolute atomic E-state index is 13.7. The highest BCUT2D eigenvalue weighted by atomic mass is 19.1. The normalized spacial score (nSPS) is 10.8. The molecule has 2 amide bonds. The molecule has 3 aromatic carbocycles. The number of nitrogens with one attached hydrogen (secondary N) is 1. The van der Waals surface area contributed by atoms with E-state index in [9.17, 15) is 14.0 Å². The van der Waals surface area contributed by atoms with Gasteiger partial charge in [0, 0.05) is 30.9 Å². The van der Waals surface area contributed by atoms with Crippen LogP contribution in [0.3, 0.4) is 0 Å². The van der Waals surface area contributed by atoms with Gasteiger partial charge in [-0.3, -0.25) is 9.59 Å².